The van der Waals surface area contributed by atoms with Crippen LogP contribution in [-0.2, 0) is 15.6 Å². The van der Waals surface area contributed by atoms with Gasteiger partial charge in [-0.25, -0.2) is 17.9 Å². The highest BCUT2D eigenvalue weighted by Gasteiger charge is 2.29. The predicted octanol–water partition coefficient (Wildman–Crippen LogP) is 2.40. The molecule has 2 heterocycles. The van der Waals surface area contributed by atoms with Crippen LogP contribution in [0.5, 0.6) is 0 Å². The molecule has 0 radical (unpaired) electrons. The van der Waals surface area contributed by atoms with Crippen molar-refractivity contribution in [3.63, 3.8) is 0 Å². The summed E-state index contributed by atoms with van der Waals surface area (Å²) in [6.45, 7) is 3.59. The Morgan fingerprint density at radius 2 is 2.05 bits per heavy atom. The number of sulfonamides is 1. The van der Waals surface area contributed by atoms with Crippen LogP contribution in [0.3, 0.4) is 0 Å². The molecular weight excluding hydrogens is 324 g/mol. The Kier molecular flexibility index (Phi) is 3.47. The van der Waals surface area contributed by atoms with E-state index in [1.54, 1.807) is 13.8 Å². The normalized spacial score (nSPS) is 12.8. The molecule has 0 bridgehead atoms. The van der Waals surface area contributed by atoms with Crippen molar-refractivity contribution in [3.05, 3.63) is 51.1 Å². The maximum Gasteiger partial charge on any atom is 0.417 e. The maximum atomic E-state index is 12.6. The van der Waals surface area contributed by atoms with Crippen molar-refractivity contribution in [2.75, 3.05) is 0 Å². The molecular formula is C14H14N2O4S2. The lowest BCUT2D eigenvalue weighted by Gasteiger charge is -2.24. The van der Waals surface area contributed by atoms with Gasteiger partial charge in [-0.05, 0) is 37.4 Å². The van der Waals surface area contributed by atoms with Crippen molar-refractivity contribution in [2.45, 2.75) is 24.3 Å². The molecule has 116 valence electrons. The molecule has 3 rings (SSSR count). The summed E-state index contributed by atoms with van der Waals surface area (Å²) in [5.41, 5.74) is -0.0655. The van der Waals surface area contributed by atoms with Crippen LogP contribution in [0.25, 0.3) is 11.1 Å². The molecule has 8 heteroatoms. The van der Waals surface area contributed by atoms with Crippen LogP contribution < -0.4 is 10.5 Å². The van der Waals surface area contributed by atoms with E-state index in [1.807, 2.05) is 17.5 Å². The zero-order valence-corrected chi connectivity index (χ0v) is 13.5. The molecule has 0 atom stereocenters. The van der Waals surface area contributed by atoms with Crippen molar-refractivity contribution in [3.8, 4) is 0 Å². The summed E-state index contributed by atoms with van der Waals surface area (Å²) >= 11 is 1.48. The topological polar surface area (TPSA) is 92.2 Å². The molecule has 0 fully saturated rings. The van der Waals surface area contributed by atoms with E-state index < -0.39 is 21.3 Å². The minimum Gasteiger partial charge on any atom is -0.408 e. The number of hydrogen-bond donors (Lipinski definition) is 2. The van der Waals surface area contributed by atoms with Crippen molar-refractivity contribution >= 4 is 32.5 Å². The minimum absolute atomic E-state index is 0.0485. The molecule has 1 aromatic carbocycles. The van der Waals surface area contributed by atoms with Gasteiger partial charge in [0.25, 0.3) is 0 Å². The zero-order valence-electron chi connectivity index (χ0n) is 11.9. The first-order chi connectivity index (χ1) is 10.3. The monoisotopic (exact) mass is 338 g/mol. The summed E-state index contributed by atoms with van der Waals surface area (Å²) < 4.78 is 32.7. The molecule has 0 unspecified atom stereocenters. The summed E-state index contributed by atoms with van der Waals surface area (Å²) in [5.74, 6) is -0.614. The van der Waals surface area contributed by atoms with Crippen LogP contribution in [-0.4, -0.2) is 13.4 Å². The predicted molar refractivity (Wildman–Crippen MR) is 84.5 cm³/mol. The number of aromatic amines is 1. The average molecular weight is 338 g/mol. The van der Waals surface area contributed by atoms with Crippen LogP contribution in [0.15, 0.2) is 49.8 Å². The molecule has 0 saturated heterocycles. The fraction of sp³-hybridized carbons (Fsp3) is 0.214. The quantitative estimate of drug-likeness (QED) is 0.764. The SMILES string of the molecule is CC(C)(NS(=O)(=O)c1ccc2[nH]c(=O)oc2c1)c1cccs1. The molecule has 3 aromatic rings. The fourth-order valence-electron chi connectivity index (χ4n) is 2.17. The van der Waals surface area contributed by atoms with Crippen LogP contribution in [0.1, 0.15) is 18.7 Å². The lowest BCUT2D eigenvalue weighted by Crippen LogP contribution is -2.40. The van der Waals surface area contributed by atoms with Gasteiger partial charge in [0, 0.05) is 10.9 Å². The van der Waals surface area contributed by atoms with Gasteiger partial charge in [-0.2, -0.15) is 0 Å². The molecule has 2 aromatic heterocycles. The van der Waals surface area contributed by atoms with Gasteiger partial charge in [0.05, 0.1) is 16.0 Å². The Bertz CT molecular complexity index is 966. The minimum atomic E-state index is -3.75. The van der Waals surface area contributed by atoms with E-state index >= 15 is 0 Å². The Labute approximate surface area is 130 Å². The van der Waals surface area contributed by atoms with E-state index in [-0.39, 0.29) is 10.5 Å². The summed E-state index contributed by atoms with van der Waals surface area (Å²) in [6.07, 6.45) is 0. The molecule has 0 amide bonds. The van der Waals surface area contributed by atoms with E-state index in [0.29, 0.717) is 5.52 Å². The second kappa shape index (κ2) is 5.08. The van der Waals surface area contributed by atoms with Gasteiger partial charge in [-0.15, -0.1) is 11.3 Å². The van der Waals surface area contributed by atoms with Crippen LogP contribution in [0, 0.1) is 0 Å². The third-order valence-corrected chi connectivity index (χ3v) is 6.08. The Hall–Kier alpha value is -1.90. The van der Waals surface area contributed by atoms with Crippen LogP contribution in [0.4, 0.5) is 0 Å². The van der Waals surface area contributed by atoms with Crippen LogP contribution in [0.2, 0.25) is 0 Å². The number of fused-ring (bicyclic) bond motifs is 1. The molecule has 0 aliphatic carbocycles. The van der Waals surface area contributed by atoms with Crippen molar-refractivity contribution in [1.29, 1.82) is 0 Å². The van der Waals surface area contributed by atoms with Gasteiger partial charge >= 0.3 is 5.76 Å². The van der Waals surface area contributed by atoms with Gasteiger partial charge in [0.1, 0.15) is 0 Å². The largest absolute Gasteiger partial charge is 0.417 e. The third-order valence-electron chi connectivity index (χ3n) is 3.23. The number of benzene rings is 1. The van der Waals surface area contributed by atoms with Crippen molar-refractivity contribution in [2.24, 2.45) is 0 Å². The standard InChI is InChI=1S/C14H14N2O4S2/c1-14(2,12-4-3-7-21-12)16-22(18,19)9-5-6-10-11(8-9)20-13(17)15-10/h3-8,16H,1-2H3,(H,15,17). The number of H-pyrrole nitrogens is 1. The molecule has 22 heavy (non-hydrogen) atoms. The summed E-state index contributed by atoms with van der Waals surface area (Å²) in [5, 5.41) is 1.89. The Morgan fingerprint density at radius 3 is 2.73 bits per heavy atom. The number of nitrogens with one attached hydrogen (secondary N) is 2. The van der Waals surface area contributed by atoms with E-state index in [9.17, 15) is 13.2 Å². The lowest BCUT2D eigenvalue weighted by molar-refractivity contribution is 0.479. The fourth-order valence-corrected chi connectivity index (χ4v) is 4.45. The van der Waals surface area contributed by atoms with Gasteiger partial charge in [-0.1, -0.05) is 6.07 Å². The highest BCUT2D eigenvalue weighted by atomic mass is 32.2. The second-order valence-corrected chi connectivity index (χ2v) is 8.01. The average Bonchev–Trinajstić information content (AvgIpc) is 3.04. The number of rotatable bonds is 4. The molecule has 0 spiro atoms. The number of thiophene rings is 1. The maximum absolute atomic E-state index is 12.6. The molecule has 0 aliphatic heterocycles. The smallest absolute Gasteiger partial charge is 0.408 e. The Morgan fingerprint density at radius 1 is 1.27 bits per heavy atom. The van der Waals surface area contributed by atoms with E-state index in [0.717, 1.165) is 4.88 Å². The van der Waals surface area contributed by atoms with E-state index in [1.165, 1.54) is 29.5 Å². The first-order valence-electron chi connectivity index (χ1n) is 6.49. The number of oxazole rings is 1. The summed E-state index contributed by atoms with van der Waals surface area (Å²) in [6, 6.07) is 8.02. The number of hydrogen-bond acceptors (Lipinski definition) is 5. The Balaban J connectivity index is 1.99. The molecule has 0 aliphatic rings. The second-order valence-electron chi connectivity index (χ2n) is 5.38. The van der Waals surface area contributed by atoms with Gasteiger partial charge in [-0.3, -0.25) is 4.98 Å². The molecule has 2 N–H and O–H groups in total. The van der Waals surface area contributed by atoms with E-state index in [2.05, 4.69) is 9.71 Å². The highest BCUT2D eigenvalue weighted by molar-refractivity contribution is 7.89. The molecule has 0 saturated carbocycles. The lowest BCUT2D eigenvalue weighted by atomic mass is 10.1. The van der Waals surface area contributed by atoms with Crippen molar-refractivity contribution < 1.29 is 12.8 Å². The summed E-state index contributed by atoms with van der Waals surface area (Å²) in [7, 11) is -3.75. The van der Waals surface area contributed by atoms with E-state index in [4.69, 9.17) is 4.42 Å². The van der Waals surface area contributed by atoms with Crippen LogP contribution >= 0.6 is 11.3 Å². The zero-order chi connectivity index (χ0) is 16.0. The first-order valence-corrected chi connectivity index (χ1v) is 8.85. The molecule has 6 nitrogen and oxygen atoms in total. The number of aromatic nitrogens is 1. The van der Waals surface area contributed by atoms with Crippen molar-refractivity contribution in [1.82, 2.24) is 9.71 Å². The third kappa shape index (κ3) is 2.72. The van der Waals surface area contributed by atoms with Gasteiger partial charge in [0.2, 0.25) is 10.0 Å². The highest BCUT2D eigenvalue weighted by Crippen LogP contribution is 2.27. The van der Waals surface area contributed by atoms with Gasteiger partial charge < -0.3 is 4.42 Å². The summed E-state index contributed by atoms with van der Waals surface area (Å²) in [4.78, 5) is 14.6. The van der Waals surface area contributed by atoms with Gasteiger partial charge in [0.15, 0.2) is 5.58 Å². The first kappa shape index (κ1) is 15.0.